The summed E-state index contributed by atoms with van der Waals surface area (Å²) < 4.78 is 16.2. The topological polar surface area (TPSA) is 94.2 Å². The Labute approximate surface area is 189 Å². The van der Waals surface area contributed by atoms with Crippen LogP contribution in [0.4, 0.5) is 4.79 Å². The summed E-state index contributed by atoms with van der Waals surface area (Å²) in [6.45, 7) is 2.97. The third-order valence-corrected chi connectivity index (χ3v) is 5.67. The van der Waals surface area contributed by atoms with E-state index in [1.165, 1.54) is 0 Å². The standard InChI is InChI=1S/C23H22N2O6S/c1-2-10-29-17-5-3-4-16(13-17)21(26)24-8-9-25-22(27)20(32-23(25)28)12-15-6-7-18-19(11-15)31-14-30-18/h3-7,11-13H,2,8-10,14H2,1H3,(H,24,26)/b20-12-. The van der Waals surface area contributed by atoms with Crippen molar-refractivity contribution < 1.29 is 28.6 Å². The van der Waals surface area contributed by atoms with Gasteiger partial charge in [-0.05, 0) is 60.2 Å². The van der Waals surface area contributed by atoms with Crippen LogP contribution in [0.3, 0.4) is 0 Å². The van der Waals surface area contributed by atoms with Crippen LogP contribution in [0.1, 0.15) is 29.3 Å². The lowest BCUT2D eigenvalue weighted by molar-refractivity contribution is -0.122. The lowest BCUT2D eigenvalue weighted by Gasteiger charge is -2.13. The average molecular weight is 455 g/mol. The van der Waals surface area contributed by atoms with Crippen molar-refractivity contribution in [2.24, 2.45) is 0 Å². The Bertz CT molecular complexity index is 1080. The van der Waals surface area contributed by atoms with Gasteiger partial charge in [0.25, 0.3) is 17.1 Å². The zero-order chi connectivity index (χ0) is 22.5. The third-order valence-electron chi connectivity index (χ3n) is 4.76. The molecule has 166 valence electrons. The number of nitrogens with zero attached hydrogens (tertiary/aromatic N) is 1. The Morgan fingerprint density at radius 2 is 2.03 bits per heavy atom. The number of carbonyl (C=O) groups is 3. The fourth-order valence-electron chi connectivity index (χ4n) is 3.18. The van der Waals surface area contributed by atoms with Crippen LogP contribution in [0.2, 0.25) is 0 Å². The quantitative estimate of drug-likeness (QED) is 0.608. The van der Waals surface area contributed by atoms with Gasteiger partial charge in [-0.1, -0.05) is 19.1 Å². The fourth-order valence-corrected chi connectivity index (χ4v) is 4.04. The van der Waals surface area contributed by atoms with Crippen molar-refractivity contribution in [3.63, 3.8) is 0 Å². The smallest absolute Gasteiger partial charge is 0.293 e. The predicted octanol–water partition coefficient (Wildman–Crippen LogP) is 3.67. The van der Waals surface area contributed by atoms with Crippen LogP contribution >= 0.6 is 11.8 Å². The monoisotopic (exact) mass is 454 g/mol. The highest BCUT2D eigenvalue weighted by atomic mass is 32.2. The normalized spacial score (nSPS) is 16.0. The van der Waals surface area contributed by atoms with Crippen molar-refractivity contribution in [2.75, 3.05) is 26.5 Å². The summed E-state index contributed by atoms with van der Waals surface area (Å²) in [7, 11) is 0. The first-order chi connectivity index (χ1) is 15.5. The van der Waals surface area contributed by atoms with Crippen molar-refractivity contribution in [2.45, 2.75) is 13.3 Å². The van der Waals surface area contributed by atoms with Crippen LogP contribution in [0.15, 0.2) is 47.4 Å². The van der Waals surface area contributed by atoms with Crippen LogP contribution in [0.25, 0.3) is 6.08 Å². The van der Waals surface area contributed by atoms with Crippen LogP contribution in [0, 0.1) is 0 Å². The molecule has 0 aliphatic carbocycles. The highest BCUT2D eigenvalue weighted by molar-refractivity contribution is 8.18. The summed E-state index contributed by atoms with van der Waals surface area (Å²) >= 11 is 0.872. The third kappa shape index (κ3) is 4.88. The first-order valence-corrected chi connectivity index (χ1v) is 11.0. The van der Waals surface area contributed by atoms with Crippen molar-refractivity contribution in [3.05, 3.63) is 58.5 Å². The van der Waals surface area contributed by atoms with Crippen LogP contribution < -0.4 is 19.5 Å². The van der Waals surface area contributed by atoms with Gasteiger partial charge in [0.2, 0.25) is 6.79 Å². The van der Waals surface area contributed by atoms with E-state index in [2.05, 4.69) is 5.32 Å². The molecule has 0 atom stereocenters. The summed E-state index contributed by atoms with van der Waals surface area (Å²) in [5.41, 5.74) is 1.19. The van der Waals surface area contributed by atoms with E-state index < -0.39 is 0 Å². The minimum atomic E-state index is -0.387. The number of thioether (sulfide) groups is 1. The zero-order valence-corrected chi connectivity index (χ0v) is 18.3. The Hall–Kier alpha value is -3.46. The van der Waals surface area contributed by atoms with Gasteiger partial charge >= 0.3 is 0 Å². The predicted molar refractivity (Wildman–Crippen MR) is 120 cm³/mol. The number of imide groups is 1. The minimum absolute atomic E-state index is 0.0842. The molecule has 2 aromatic rings. The largest absolute Gasteiger partial charge is 0.494 e. The Morgan fingerprint density at radius 3 is 2.88 bits per heavy atom. The Morgan fingerprint density at radius 1 is 1.19 bits per heavy atom. The van der Waals surface area contributed by atoms with Gasteiger partial charge in [-0.15, -0.1) is 0 Å². The molecular weight excluding hydrogens is 432 g/mol. The lowest BCUT2D eigenvalue weighted by Crippen LogP contribution is -2.37. The summed E-state index contributed by atoms with van der Waals surface area (Å²) in [6, 6.07) is 12.2. The number of carbonyl (C=O) groups excluding carboxylic acids is 3. The molecule has 9 heteroatoms. The summed E-state index contributed by atoms with van der Waals surface area (Å²) in [4.78, 5) is 38.9. The molecule has 0 unspecified atom stereocenters. The van der Waals surface area contributed by atoms with Crippen LogP contribution in [0.5, 0.6) is 17.2 Å². The van der Waals surface area contributed by atoms with Crippen LogP contribution in [-0.4, -0.2) is 48.4 Å². The SMILES string of the molecule is CCCOc1cccc(C(=O)NCCN2C(=O)S/C(=C\c3ccc4c(c3)OCO4)C2=O)c1. The molecule has 0 aromatic heterocycles. The van der Waals surface area contributed by atoms with E-state index in [0.717, 1.165) is 28.6 Å². The lowest BCUT2D eigenvalue weighted by atomic mass is 10.2. The minimum Gasteiger partial charge on any atom is -0.494 e. The summed E-state index contributed by atoms with van der Waals surface area (Å²) in [5.74, 6) is 1.19. The van der Waals surface area contributed by atoms with E-state index in [9.17, 15) is 14.4 Å². The van der Waals surface area contributed by atoms with Gasteiger partial charge in [0.1, 0.15) is 5.75 Å². The second-order valence-electron chi connectivity index (χ2n) is 7.08. The second kappa shape index (κ2) is 9.78. The second-order valence-corrected chi connectivity index (χ2v) is 8.07. The molecule has 2 aromatic carbocycles. The zero-order valence-electron chi connectivity index (χ0n) is 17.5. The molecule has 0 spiro atoms. The Balaban J connectivity index is 1.33. The van der Waals surface area contributed by atoms with Gasteiger partial charge in [0, 0.05) is 18.7 Å². The van der Waals surface area contributed by atoms with Crippen molar-refractivity contribution in [1.82, 2.24) is 10.2 Å². The Kier molecular flexibility index (Phi) is 6.65. The van der Waals surface area contributed by atoms with E-state index in [4.69, 9.17) is 14.2 Å². The van der Waals surface area contributed by atoms with Gasteiger partial charge in [0.15, 0.2) is 11.5 Å². The van der Waals surface area contributed by atoms with Crippen LogP contribution in [-0.2, 0) is 4.79 Å². The first-order valence-electron chi connectivity index (χ1n) is 10.2. The number of amides is 3. The molecule has 3 amide bonds. The van der Waals surface area contributed by atoms with Crippen molar-refractivity contribution in [3.8, 4) is 17.2 Å². The number of fused-ring (bicyclic) bond motifs is 1. The first kappa shape index (κ1) is 21.8. The maximum absolute atomic E-state index is 12.7. The highest BCUT2D eigenvalue weighted by Gasteiger charge is 2.34. The molecule has 0 radical (unpaired) electrons. The maximum atomic E-state index is 12.7. The maximum Gasteiger partial charge on any atom is 0.293 e. The molecule has 8 nitrogen and oxygen atoms in total. The number of hydrogen-bond acceptors (Lipinski definition) is 7. The van der Waals surface area contributed by atoms with E-state index in [1.54, 1.807) is 48.5 Å². The van der Waals surface area contributed by atoms with Gasteiger partial charge in [-0.3, -0.25) is 19.3 Å². The van der Waals surface area contributed by atoms with Crippen molar-refractivity contribution in [1.29, 1.82) is 0 Å². The molecule has 2 heterocycles. The molecule has 2 aliphatic heterocycles. The molecule has 1 saturated heterocycles. The highest BCUT2D eigenvalue weighted by Crippen LogP contribution is 2.36. The fraction of sp³-hybridized carbons (Fsp3) is 0.261. The number of hydrogen-bond donors (Lipinski definition) is 1. The van der Waals surface area contributed by atoms with Gasteiger partial charge in [0.05, 0.1) is 11.5 Å². The molecule has 4 rings (SSSR count). The average Bonchev–Trinajstić information content (AvgIpc) is 3.37. The molecule has 2 aliphatic rings. The number of nitrogens with one attached hydrogen (secondary N) is 1. The molecule has 32 heavy (non-hydrogen) atoms. The number of benzene rings is 2. The molecule has 1 fully saturated rings. The number of rotatable bonds is 8. The number of ether oxygens (including phenoxy) is 3. The summed E-state index contributed by atoms with van der Waals surface area (Å²) in [5, 5.41) is 2.37. The van der Waals surface area contributed by atoms with Gasteiger partial charge in [-0.25, -0.2) is 0 Å². The molecule has 0 saturated carbocycles. The van der Waals surface area contributed by atoms with Crippen molar-refractivity contribution >= 4 is 34.9 Å². The molecule has 1 N–H and O–H groups in total. The van der Waals surface area contributed by atoms with E-state index in [0.29, 0.717) is 34.3 Å². The van der Waals surface area contributed by atoms with E-state index in [1.807, 2.05) is 6.92 Å². The summed E-state index contributed by atoms with van der Waals surface area (Å²) in [6.07, 6.45) is 2.52. The van der Waals surface area contributed by atoms with Gasteiger partial charge in [-0.2, -0.15) is 0 Å². The molecular formula is C23H22N2O6S. The van der Waals surface area contributed by atoms with E-state index >= 15 is 0 Å². The molecule has 0 bridgehead atoms. The van der Waals surface area contributed by atoms with E-state index in [-0.39, 0.29) is 36.9 Å². The van der Waals surface area contributed by atoms with Gasteiger partial charge < -0.3 is 19.5 Å².